The molecule has 3 aromatic rings. The van der Waals surface area contributed by atoms with Crippen LogP contribution in [0.2, 0.25) is 5.02 Å². The number of aliphatic hydroxyl groups is 1. The lowest BCUT2D eigenvalue weighted by atomic mass is 10.0. The van der Waals surface area contributed by atoms with Crippen LogP contribution in [0.25, 0.3) is 11.3 Å². The molecule has 0 saturated heterocycles. The van der Waals surface area contributed by atoms with Gasteiger partial charge in [0, 0.05) is 31.4 Å². The molecular formula is C22H22ClN3O3. The lowest BCUT2D eigenvalue weighted by molar-refractivity contribution is 0.0915. The fraction of sp³-hybridized carbons (Fsp3) is 0.273. The predicted molar refractivity (Wildman–Crippen MR) is 112 cm³/mol. The van der Waals surface area contributed by atoms with Gasteiger partial charge in [-0.3, -0.25) is 4.79 Å². The molecule has 0 aliphatic carbocycles. The van der Waals surface area contributed by atoms with Crippen LogP contribution < -0.4 is 10.2 Å². The van der Waals surface area contributed by atoms with Gasteiger partial charge in [-0.15, -0.1) is 0 Å². The first-order chi connectivity index (χ1) is 14.0. The first kappa shape index (κ1) is 19.5. The maximum absolute atomic E-state index is 12.8. The van der Waals surface area contributed by atoms with Crippen molar-refractivity contribution in [1.82, 2.24) is 10.5 Å². The van der Waals surface area contributed by atoms with Crippen LogP contribution in [-0.2, 0) is 6.42 Å². The number of carbonyl (C=O) groups is 1. The van der Waals surface area contributed by atoms with Gasteiger partial charge in [-0.25, -0.2) is 0 Å². The molecule has 1 aliphatic rings. The van der Waals surface area contributed by atoms with E-state index in [1.807, 2.05) is 30.3 Å². The fourth-order valence-corrected chi connectivity index (χ4v) is 3.89. The van der Waals surface area contributed by atoms with Gasteiger partial charge in [0.25, 0.3) is 5.91 Å². The minimum Gasteiger partial charge on any atom is -0.387 e. The molecule has 1 aromatic heterocycles. The van der Waals surface area contributed by atoms with Gasteiger partial charge >= 0.3 is 0 Å². The Morgan fingerprint density at radius 3 is 2.93 bits per heavy atom. The first-order valence-electron chi connectivity index (χ1n) is 9.47. The average molecular weight is 412 g/mol. The van der Waals surface area contributed by atoms with Crippen LogP contribution in [0.5, 0.6) is 0 Å². The van der Waals surface area contributed by atoms with E-state index in [0.717, 1.165) is 18.5 Å². The second-order valence-corrected chi connectivity index (χ2v) is 7.63. The highest BCUT2D eigenvalue weighted by Crippen LogP contribution is 2.31. The zero-order valence-corrected chi connectivity index (χ0v) is 17.0. The smallest absolute Gasteiger partial charge is 0.257 e. The van der Waals surface area contributed by atoms with Crippen LogP contribution in [0.1, 0.15) is 33.3 Å². The highest BCUT2D eigenvalue weighted by atomic mass is 35.5. The number of fused-ring (bicyclic) bond motifs is 1. The Kier molecular flexibility index (Phi) is 5.30. The number of nitrogens with one attached hydrogen (secondary N) is 1. The van der Waals surface area contributed by atoms with Crippen LogP contribution in [0.3, 0.4) is 0 Å². The molecule has 0 fully saturated rings. The topological polar surface area (TPSA) is 78.6 Å². The van der Waals surface area contributed by atoms with Crippen molar-refractivity contribution in [2.45, 2.75) is 19.4 Å². The maximum atomic E-state index is 12.8. The Labute approximate surface area is 174 Å². The number of benzene rings is 2. The van der Waals surface area contributed by atoms with Gasteiger partial charge < -0.3 is 19.8 Å². The molecule has 2 N–H and O–H groups in total. The number of anilines is 1. The van der Waals surface area contributed by atoms with Crippen LogP contribution >= 0.6 is 11.6 Å². The lowest BCUT2D eigenvalue weighted by Gasteiger charge is -2.15. The molecule has 4 rings (SSSR count). The van der Waals surface area contributed by atoms with Crippen molar-refractivity contribution in [2.24, 2.45) is 0 Å². The molecule has 150 valence electrons. The standard InChI is InChI=1S/C22H22ClN3O3/c1-13-20(21(25-29-13)16-5-3-4-6-17(16)23)22(28)24-12-19(27)15-7-8-18-14(11-15)9-10-26(18)2/h3-8,11,19,27H,9-10,12H2,1-2H3,(H,24,28). The van der Waals surface area contributed by atoms with Crippen molar-refractivity contribution >= 4 is 23.2 Å². The summed E-state index contributed by atoms with van der Waals surface area (Å²) in [6.45, 7) is 2.74. The number of likely N-dealkylation sites (N-methyl/N-ethyl adjacent to an activating group) is 1. The fourth-order valence-electron chi connectivity index (χ4n) is 3.67. The van der Waals surface area contributed by atoms with Crippen molar-refractivity contribution in [1.29, 1.82) is 0 Å². The second-order valence-electron chi connectivity index (χ2n) is 7.23. The van der Waals surface area contributed by atoms with Crippen molar-refractivity contribution in [3.05, 3.63) is 69.9 Å². The third kappa shape index (κ3) is 3.73. The number of hydrogen-bond acceptors (Lipinski definition) is 5. The third-order valence-corrected chi connectivity index (χ3v) is 5.62. The first-order valence-corrected chi connectivity index (χ1v) is 9.85. The Morgan fingerprint density at radius 1 is 1.34 bits per heavy atom. The number of aryl methyl sites for hydroxylation is 1. The summed E-state index contributed by atoms with van der Waals surface area (Å²) in [7, 11) is 2.06. The molecule has 1 amide bonds. The Morgan fingerprint density at radius 2 is 2.14 bits per heavy atom. The Balaban J connectivity index is 1.50. The van der Waals surface area contributed by atoms with Gasteiger partial charge in [0.1, 0.15) is 17.0 Å². The molecular weight excluding hydrogens is 390 g/mol. The second kappa shape index (κ2) is 7.89. The van der Waals surface area contributed by atoms with Gasteiger partial charge in [-0.2, -0.15) is 0 Å². The van der Waals surface area contributed by atoms with E-state index < -0.39 is 6.10 Å². The van der Waals surface area contributed by atoms with Gasteiger partial charge in [0.2, 0.25) is 0 Å². The summed E-state index contributed by atoms with van der Waals surface area (Å²) in [5.41, 5.74) is 4.52. The van der Waals surface area contributed by atoms with Crippen molar-refractivity contribution < 1.29 is 14.4 Å². The molecule has 1 unspecified atom stereocenters. The molecule has 7 heteroatoms. The Bertz CT molecular complexity index is 1060. The summed E-state index contributed by atoms with van der Waals surface area (Å²) < 4.78 is 5.24. The summed E-state index contributed by atoms with van der Waals surface area (Å²) in [4.78, 5) is 15.0. The van der Waals surface area contributed by atoms with Gasteiger partial charge in [-0.1, -0.05) is 47.1 Å². The van der Waals surface area contributed by atoms with E-state index in [-0.39, 0.29) is 12.5 Å². The van der Waals surface area contributed by atoms with Crippen LogP contribution in [0, 0.1) is 6.92 Å². The predicted octanol–water partition coefficient (Wildman–Crippen LogP) is 3.76. The Hall–Kier alpha value is -2.83. The van der Waals surface area contributed by atoms with E-state index >= 15 is 0 Å². The van der Waals surface area contributed by atoms with Crippen LogP contribution in [0.4, 0.5) is 5.69 Å². The number of carbonyl (C=O) groups excluding carboxylic acids is 1. The molecule has 0 radical (unpaired) electrons. The molecule has 0 saturated carbocycles. The summed E-state index contributed by atoms with van der Waals surface area (Å²) in [5, 5.41) is 17.9. The molecule has 1 atom stereocenters. The highest BCUT2D eigenvalue weighted by molar-refractivity contribution is 6.33. The van der Waals surface area contributed by atoms with E-state index in [9.17, 15) is 9.90 Å². The van der Waals surface area contributed by atoms with E-state index in [2.05, 4.69) is 22.4 Å². The lowest BCUT2D eigenvalue weighted by Crippen LogP contribution is -2.29. The van der Waals surface area contributed by atoms with Crippen molar-refractivity contribution in [2.75, 3.05) is 25.0 Å². The minimum absolute atomic E-state index is 0.0834. The number of amides is 1. The number of aromatic nitrogens is 1. The van der Waals surface area contributed by atoms with Crippen LogP contribution in [-0.4, -0.2) is 36.3 Å². The van der Waals surface area contributed by atoms with Gasteiger partial charge in [0.15, 0.2) is 0 Å². The molecule has 2 heterocycles. The number of nitrogens with zero attached hydrogens (tertiary/aromatic N) is 2. The number of rotatable bonds is 5. The van der Waals surface area contributed by atoms with Crippen molar-refractivity contribution in [3.8, 4) is 11.3 Å². The normalized spacial score (nSPS) is 14.0. The van der Waals surface area contributed by atoms with E-state index in [1.54, 1.807) is 19.1 Å². The maximum Gasteiger partial charge on any atom is 0.257 e. The zero-order chi connectivity index (χ0) is 20.5. The SMILES string of the molecule is Cc1onc(-c2ccccc2Cl)c1C(=O)NCC(O)c1ccc2c(c1)CCN2C. The van der Waals surface area contributed by atoms with Crippen LogP contribution in [0.15, 0.2) is 47.0 Å². The quantitative estimate of drug-likeness (QED) is 0.668. The largest absolute Gasteiger partial charge is 0.387 e. The van der Waals surface area contributed by atoms with E-state index in [0.29, 0.717) is 27.6 Å². The van der Waals surface area contributed by atoms with E-state index in [1.165, 1.54) is 11.3 Å². The van der Waals surface area contributed by atoms with E-state index in [4.69, 9.17) is 16.1 Å². The van der Waals surface area contributed by atoms with Gasteiger partial charge in [-0.05, 0) is 36.6 Å². The molecule has 6 nitrogen and oxygen atoms in total. The average Bonchev–Trinajstić information content (AvgIpc) is 3.28. The summed E-state index contributed by atoms with van der Waals surface area (Å²) >= 11 is 6.25. The molecule has 0 spiro atoms. The zero-order valence-electron chi connectivity index (χ0n) is 16.3. The molecule has 2 aromatic carbocycles. The minimum atomic E-state index is -0.806. The number of hydrogen-bond donors (Lipinski definition) is 2. The highest BCUT2D eigenvalue weighted by Gasteiger charge is 2.24. The summed E-state index contributed by atoms with van der Waals surface area (Å²) in [5.74, 6) is 0.0334. The van der Waals surface area contributed by atoms with Gasteiger partial charge in [0.05, 0.1) is 11.1 Å². The third-order valence-electron chi connectivity index (χ3n) is 5.29. The molecule has 0 bridgehead atoms. The number of aliphatic hydroxyl groups excluding tert-OH is 1. The van der Waals surface area contributed by atoms with Crippen molar-refractivity contribution in [3.63, 3.8) is 0 Å². The summed E-state index contributed by atoms with van der Waals surface area (Å²) in [6, 6.07) is 13.1. The monoisotopic (exact) mass is 411 g/mol. The molecule has 1 aliphatic heterocycles. The summed E-state index contributed by atoms with van der Waals surface area (Å²) in [6.07, 6.45) is 0.152. The number of halogens is 1. The molecule has 29 heavy (non-hydrogen) atoms.